The Bertz CT molecular complexity index is 208. The Hall–Kier alpha value is -0.610. The van der Waals surface area contributed by atoms with Gasteiger partial charge in [0.2, 0.25) is 0 Å². The van der Waals surface area contributed by atoms with Crippen LogP contribution in [-0.4, -0.2) is 29.8 Å². The van der Waals surface area contributed by atoms with E-state index < -0.39 is 12.1 Å². The lowest BCUT2D eigenvalue weighted by atomic mass is 9.85. The second-order valence-corrected chi connectivity index (χ2v) is 4.18. The van der Waals surface area contributed by atoms with Gasteiger partial charge in [0.05, 0.1) is 0 Å². The van der Waals surface area contributed by atoms with Crippen molar-refractivity contribution in [2.45, 2.75) is 51.2 Å². The molecule has 0 radical (unpaired) electrons. The fourth-order valence-electron chi connectivity index (χ4n) is 2.12. The number of carbonyl (C=O) groups is 1. The maximum absolute atomic E-state index is 11.4. The molecule has 0 aromatic carbocycles. The Kier molecular flexibility index (Phi) is 5.05. The number of aliphatic hydroxyl groups excluding tert-OH is 1. The minimum absolute atomic E-state index is 0.0163. The predicted molar refractivity (Wildman–Crippen MR) is 57.2 cm³/mol. The molecule has 1 aliphatic rings. The van der Waals surface area contributed by atoms with Crippen molar-refractivity contribution in [3.05, 3.63) is 0 Å². The zero-order valence-electron chi connectivity index (χ0n) is 9.32. The summed E-state index contributed by atoms with van der Waals surface area (Å²) in [5.74, 6) is -0.115. The highest BCUT2D eigenvalue weighted by Crippen LogP contribution is 2.29. The molecule has 4 heteroatoms. The van der Waals surface area contributed by atoms with Gasteiger partial charge in [0, 0.05) is 6.54 Å². The van der Waals surface area contributed by atoms with Gasteiger partial charge < -0.3 is 15.6 Å². The number of carbonyl (C=O) groups excluding carboxylic acids is 1. The van der Waals surface area contributed by atoms with Crippen LogP contribution in [0, 0.1) is 5.92 Å². The molecule has 0 heterocycles. The first-order valence-corrected chi connectivity index (χ1v) is 5.77. The number of aliphatic hydroxyl groups is 1. The second kappa shape index (κ2) is 6.08. The summed E-state index contributed by atoms with van der Waals surface area (Å²) in [5, 5.41) is 9.22. The summed E-state index contributed by atoms with van der Waals surface area (Å²) in [7, 11) is 0. The van der Waals surface area contributed by atoms with Gasteiger partial charge in [-0.2, -0.15) is 0 Å². The molecule has 0 bridgehead atoms. The van der Waals surface area contributed by atoms with E-state index in [0.29, 0.717) is 5.92 Å². The lowest BCUT2D eigenvalue weighted by Crippen LogP contribution is -2.37. The molecule has 0 saturated heterocycles. The van der Waals surface area contributed by atoms with Crippen molar-refractivity contribution in [3.63, 3.8) is 0 Å². The number of rotatable bonds is 4. The van der Waals surface area contributed by atoms with Crippen LogP contribution in [0.3, 0.4) is 0 Å². The molecule has 1 aliphatic carbocycles. The second-order valence-electron chi connectivity index (χ2n) is 4.18. The molecule has 0 aromatic heterocycles. The van der Waals surface area contributed by atoms with Crippen LogP contribution in [0.4, 0.5) is 0 Å². The van der Waals surface area contributed by atoms with Crippen molar-refractivity contribution in [2.75, 3.05) is 6.54 Å². The van der Waals surface area contributed by atoms with E-state index in [9.17, 15) is 9.90 Å². The molecule has 0 aromatic rings. The summed E-state index contributed by atoms with van der Waals surface area (Å²) in [5.41, 5.74) is 5.19. The van der Waals surface area contributed by atoms with Crippen LogP contribution in [0.15, 0.2) is 0 Å². The van der Waals surface area contributed by atoms with E-state index in [-0.39, 0.29) is 12.6 Å². The van der Waals surface area contributed by atoms with E-state index in [4.69, 9.17) is 10.5 Å². The third kappa shape index (κ3) is 3.47. The standard InChI is InChI=1S/C11H21NO3/c1-2-8-5-3-4-6-10(8)15-11(14)9(13)7-12/h8-10,13H,2-7,12H2,1H3/t8?,9-,10?/m0/s1. The SMILES string of the molecule is CCC1CCCCC1OC(=O)[C@@H](O)CN. The van der Waals surface area contributed by atoms with Gasteiger partial charge in [-0.05, 0) is 31.6 Å². The maximum atomic E-state index is 11.4. The molecule has 1 rings (SSSR count). The van der Waals surface area contributed by atoms with E-state index in [1.54, 1.807) is 0 Å². The lowest BCUT2D eigenvalue weighted by molar-refractivity contribution is -0.163. The van der Waals surface area contributed by atoms with Gasteiger partial charge in [-0.1, -0.05) is 13.3 Å². The van der Waals surface area contributed by atoms with Gasteiger partial charge in [-0.15, -0.1) is 0 Å². The number of nitrogens with two attached hydrogens (primary N) is 1. The van der Waals surface area contributed by atoms with Gasteiger partial charge in [0.25, 0.3) is 0 Å². The molecule has 15 heavy (non-hydrogen) atoms. The van der Waals surface area contributed by atoms with Crippen molar-refractivity contribution in [3.8, 4) is 0 Å². The third-order valence-corrected chi connectivity index (χ3v) is 3.13. The molecule has 2 unspecified atom stereocenters. The van der Waals surface area contributed by atoms with Crippen molar-refractivity contribution in [2.24, 2.45) is 11.7 Å². The number of hydrogen-bond donors (Lipinski definition) is 2. The van der Waals surface area contributed by atoms with Crippen molar-refractivity contribution >= 4 is 5.97 Å². The van der Waals surface area contributed by atoms with E-state index >= 15 is 0 Å². The highest BCUT2D eigenvalue weighted by molar-refractivity contribution is 5.74. The monoisotopic (exact) mass is 215 g/mol. The zero-order chi connectivity index (χ0) is 11.3. The quantitative estimate of drug-likeness (QED) is 0.681. The Morgan fingerprint density at radius 2 is 2.20 bits per heavy atom. The molecule has 0 spiro atoms. The molecule has 4 nitrogen and oxygen atoms in total. The summed E-state index contributed by atoms with van der Waals surface area (Å²) in [6.45, 7) is 2.04. The zero-order valence-corrected chi connectivity index (χ0v) is 9.32. The minimum atomic E-state index is -1.16. The van der Waals surface area contributed by atoms with E-state index in [1.165, 1.54) is 6.42 Å². The Balaban J connectivity index is 2.44. The van der Waals surface area contributed by atoms with Crippen molar-refractivity contribution in [1.29, 1.82) is 0 Å². The van der Waals surface area contributed by atoms with E-state index in [2.05, 4.69) is 6.92 Å². The first kappa shape index (κ1) is 12.5. The predicted octanol–water partition coefficient (Wildman–Crippen LogP) is 0.818. The van der Waals surface area contributed by atoms with E-state index in [0.717, 1.165) is 25.7 Å². The first-order chi connectivity index (χ1) is 7.19. The van der Waals surface area contributed by atoms with Crippen LogP contribution in [0.1, 0.15) is 39.0 Å². The van der Waals surface area contributed by atoms with Crippen molar-refractivity contribution < 1.29 is 14.6 Å². The average molecular weight is 215 g/mol. The van der Waals surface area contributed by atoms with Crippen molar-refractivity contribution in [1.82, 2.24) is 0 Å². The molecule has 88 valence electrons. The van der Waals surface area contributed by atoms with Gasteiger partial charge in [0.1, 0.15) is 6.10 Å². The molecule has 3 N–H and O–H groups in total. The van der Waals surface area contributed by atoms with Crippen LogP contribution in [0.2, 0.25) is 0 Å². The summed E-state index contributed by atoms with van der Waals surface area (Å²) in [6, 6.07) is 0. The fraction of sp³-hybridized carbons (Fsp3) is 0.909. The Labute approximate surface area is 90.8 Å². The summed E-state index contributed by atoms with van der Waals surface area (Å²) < 4.78 is 5.28. The van der Waals surface area contributed by atoms with Crippen LogP contribution in [0.5, 0.6) is 0 Å². The number of hydrogen-bond acceptors (Lipinski definition) is 4. The molecule has 3 atom stereocenters. The largest absolute Gasteiger partial charge is 0.460 e. The molecule has 1 saturated carbocycles. The number of esters is 1. The average Bonchev–Trinajstić information content (AvgIpc) is 2.28. The fourth-order valence-corrected chi connectivity index (χ4v) is 2.12. The third-order valence-electron chi connectivity index (χ3n) is 3.13. The molecular formula is C11H21NO3. The summed E-state index contributed by atoms with van der Waals surface area (Å²) in [6.07, 6.45) is 4.20. The summed E-state index contributed by atoms with van der Waals surface area (Å²) in [4.78, 5) is 11.4. The molecule has 0 aliphatic heterocycles. The van der Waals surface area contributed by atoms with Crippen LogP contribution < -0.4 is 5.73 Å². The lowest BCUT2D eigenvalue weighted by Gasteiger charge is -2.30. The molecule has 0 amide bonds. The highest BCUT2D eigenvalue weighted by atomic mass is 16.6. The smallest absolute Gasteiger partial charge is 0.336 e. The molecule has 1 fully saturated rings. The van der Waals surface area contributed by atoms with Gasteiger partial charge >= 0.3 is 5.97 Å². The highest BCUT2D eigenvalue weighted by Gasteiger charge is 2.28. The topological polar surface area (TPSA) is 72.5 Å². The Morgan fingerprint density at radius 3 is 2.80 bits per heavy atom. The van der Waals surface area contributed by atoms with E-state index in [1.807, 2.05) is 0 Å². The van der Waals surface area contributed by atoms with Gasteiger partial charge in [-0.3, -0.25) is 0 Å². The van der Waals surface area contributed by atoms with Crippen LogP contribution in [-0.2, 0) is 9.53 Å². The van der Waals surface area contributed by atoms with Gasteiger partial charge in [0.15, 0.2) is 6.10 Å². The van der Waals surface area contributed by atoms with Gasteiger partial charge in [-0.25, -0.2) is 4.79 Å². The molecular weight excluding hydrogens is 194 g/mol. The first-order valence-electron chi connectivity index (χ1n) is 5.77. The minimum Gasteiger partial charge on any atom is -0.460 e. The number of ether oxygens (including phenoxy) is 1. The summed E-state index contributed by atoms with van der Waals surface area (Å²) >= 11 is 0. The Morgan fingerprint density at radius 1 is 1.53 bits per heavy atom. The van der Waals surface area contributed by atoms with Crippen LogP contribution in [0.25, 0.3) is 0 Å². The normalized spacial score (nSPS) is 28.5. The maximum Gasteiger partial charge on any atom is 0.336 e. The van der Waals surface area contributed by atoms with Crippen LogP contribution >= 0.6 is 0 Å².